The monoisotopic (exact) mass is 249 g/mol. The second kappa shape index (κ2) is 4.40. The number of nitrogens with one attached hydrogen (secondary N) is 1. The van der Waals surface area contributed by atoms with Gasteiger partial charge in [0.1, 0.15) is 15.3 Å². The van der Waals surface area contributed by atoms with Crippen molar-refractivity contribution in [1.29, 1.82) is 0 Å². The standard InChI is InChI=1S/C9H15NO5S/c1-16(14,15)6-5-10-7(11)9(8(12)13)3-2-4-9/h2-6H2,1H3,(H,10,11)(H,12,13). The summed E-state index contributed by atoms with van der Waals surface area (Å²) in [5, 5.41) is 11.3. The highest BCUT2D eigenvalue weighted by Gasteiger charge is 2.50. The first-order valence-corrected chi connectivity index (χ1v) is 7.03. The summed E-state index contributed by atoms with van der Waals surface area (Å²) in [6, 6.07) is 0. The molecule has 0 saturated heterocycles. The molecule has 0 spiro atoms. The lowest BCUT2D eigenvalue weighted by atomic mass is 9.68. The Labute approximate surface area is 93.9 Å². The number of carboxylic acid groups (broad SMARTS) is 1. The van der Waals surface area contributed by atoms with Gasteiger partial charge in [-0.2, -0.15) is 0 Å². The molecule has 0 aliphatic heterocycles. The number of aliphatic carboxylic acids is 1. The summed E-state index contributed by atoms with van der Waals surface area (Å²) in [6.07, 6.45) is 2.43. The van der Waals surface area contributed by atoms with Crippen LogP contribution in [0.4, 0.5) is 0 Å². The summed E-state index contributed by atoms with van der Waals surface area (Å²) in [5.74, 6) is -1.88. The minimum atomic E-state index is -3.14. The highest BCUT2D eigenvalue weighted by atomic mass is 32.2. The Hall–Kier alpha value is -1.11. The van der Waals surface area contributed by atoms with Gasteiger partial charge in [0.25, 0.3) is 0 Å². The lowest BCUT2D eigenvalue weighted by Crippen LogP contribution is -2.51. The molecule has 0 aromatic rings. The molecule has 1 rings (SSSR count). The maximum Gasteiger partial charge on any atom is 0.319 e. The summed E-state index contributed by atoms with van der Waals surface area (Å²) in [4.78, 5) is 22.5. The van der Waals surface area contributed by atoms with E-state index in [1.807, 2.05) is 0 Å². The molecule has 0 heterocycles. The average Bonchev–Trinajstić information content (AvgIpc) is 1.97. The molecule has 1 aliphatic carbocycles. The lowest BCUT2D eigenvalue weighted by Gasteiger charge is -2.35. The maximum absolute atomic E-state index is 11.6. The van der Waals surface area contributed by atoms with Crippen LogP contribution in [-0.4, -0.2) is 44.0 Å². The molecule has 6 nitrogen and oxygen atoms in total. The first-order valence-electron chi connectivity index (χ1n) is 4.97. The Morgan fingerprint density at radius 3 is 2.25 bits per heavy atom. The fraction of sp³-hybridized carbons (Fsp3) is 0.778. The first-order chi connectivity index (χ1) is 7.28. The van der Waals surface area contributed by atoms with Gasteiger partial charge in [-0.05, 0) is 12.8 Å². The Morgan fingerprint density at radius 1 is 1.38 bits per heavy atom. The van der Waals surface area contributed by atoms with Crippen molar-refractivity contribution in [2.24, 2.45) is 5.41 Å². The highest BCUT2D eigenvalue weighted by molar-refractivity contribution is 7.90. The van der Waals surface area contributed by atoms with Gasteiger partial charge in [-0.3, -0.25) is 9.59 Å². The van der Waals surface area contributed by atoms with E-state index in [2.05, 4.69) is 5.32 Å². The third-order valence-electron chi connectivity index (χ3n) is 2.81. The van der Waals surface area contributed by atoms with Gasteiger partial charge in [0.15, 0.2) is 0 Å². The van der Waals surface area contributed by atoms with E-state index in [0.29, 0.717) is 19.3 Å². The van der Waals surface area contributed by atoms with Crippen LogP contribution in [-0.2, 0) is 19.4 Å². The van der Waals surface area contributed by atoms with E-state index in [1.54, 1.807) is 0 Å². The van der Waals surface area contributed by atoms with Crippen molar-refractivity contribution in [1.82, 2.24) is 5.32 Å². The van der Waals surface area contributed by atoms with Gasteiger partial charge in [0.05, 0.1) is 5.75 Å². The Kier molecular flexibility index (Phi) is 3.57. The number of amides is 1. The maximum atomic E-state index is 11.6. The van der Waals surface area contributed by atoms with E-state index in [0.717, 1.165) is 6.26 Å². The number of hydrogen-bond acceptors (Lipinski definition) is 4. The molecule has 1 aliphatic rings. The van der Waals surface area contributed by atoms with E-state index in [9.17, 15) is 18.0 Å². The third-order valence-corrected chi connectivity index (χ3v) is 3.76. The lowest BCUT2D eigenvalue weighted by molar-refractivity contribution is -0.162. The van der Waals surface area contributed by atoms with Crippen LogP contribution in [0.5, 0.6) is 0 Å². The molecule has 7 heteroatoms. The van der Waals surface area contributed by atoms with Crippen LogP contribution in [0, 0.1) is 5.41 Å². The third kappa shape index (κ3) is 2.72. The van der Waals surface area contributed by atoms with Crippen LogP contribution < -0.4 is 5.32 Å². The van der Waals surface area contributed by atoms with Gasteiger partial charge in [-0.1, -0.05) is 6.42 Å². The molecule has 1 fully saturated rings. The minimum Gasteiger partial charge on any atom is -0.480 e. The van der Waals surface area contributed by atoms with E-state index >= 15 is 0 Å². The van der Waals surface area contributed by atoms with Crippen molar-refractivity contribution in [3.05, 3.63) is 0 Å². The van der Waals surface area contributed by atoms with Crippen molar-refractivity contribution in [2.45, 2.75) is 19.3 Å². The molecule has 92 valence electrons. The molecule has 0 aromatic carbocycles. The number of rotatable bonds is 5. The largest absolute Gasteiger partial charge is 0.480 e. The van der Waals surface area contributed by atoms with Crippen LogP contribution in [0.1, 0.15) is 19.3 Å². The summed E-state index contributed by atoms with van der Waals surface area (Å²) in [7, 11) is -3.14. The van der Waals surface area contributed by atoms with Crippen molar-refractivity contribution in [3.8, 4) is 0 Å². The number of carboxylic acids is 1. The predicted molar refractivity (Wildman–Crippen MR) is 56.6 cm³/mol. The zero-order chi connectivity index (χ0) is 12.4. The Morgan fingerprint density at radius 2 is 1.94 bits per heavy atom. The number of carbonyl (C=O) groups is 2. The van der Waals surface area contributed by atoms with Crippen LogP contribution in [0.2, 0.25) is 0 Å². The molecule has 0 unspecified atom stereocenters. The number of sulfone groups is 1. The van der Waals surface area contributed by atoms with Crippen molar-refractivity contribution in [3.63, 3.8) is 0 Å². The van der Waals surface area contributed by atoms with Crippen LogP contribution in [0.25, 0.3) is 0 Å². The van der Waals surface area contributed by atoms with Gasteiger partial charge in [-0.15, -0.1) is 0 Å². The summed E-state index contributed by atoms with van der Waals surface area (Å²) in [6.45, 7) is -0.0350. The van der Waals surface area contributed by atoms with E-state index in [-0.39, 0.29) is 12.3 Å². The fourth-order valence-corrected chi connectivity index (χ4v) is 2.06. The van der Waals surface area contributed by atoms with E-state index in [4.69, 9.17) is 5.11 Å². The molecule has 0 radical (unpaired) electrons. The van der Waals surface area contributed by atoms with E-state index < -0.39 is 27.1 Å². The molecule has 0 bridgehead atoms. The van der Waals surface area contributed by atoms with Crippen LogP contribution in [0.3, 0.4) is 0 Å². The smallest absolute Gasteiger partial charge is 0.319 e. The highest BCUT2D eigenvalue weighted by Crippen LogP contribution is 2.41. The van der Waals surface area contributed by atoms with Gasteiger partial charge in [-0.25, -0.2) is 8.42 Å². The van der Waals surface area contributed by atoms with Gasteiger partial charge < -0.3 is 10.4 Å². The average molecular weight is 249 g/mol. The minimum absolute atomic E-state index is 0.0350. The van der Waals surface area contributed by atoms with Crippen LogP contribution in [0.15, 0.2) is 0 Å². The van der Waals surface area contributed by atoms with Crippen molar-refractivity contribution in [2.75, 3.05) is 18.6 Å². The normalized spacial score (nSPS) is 18.6. The second-order valence-corrected chi connectivity index (χ2v) is 6.39. The Bertz CT molecular complexity index is 396. The molecule has 16 heavy (non-hydrogen) atoms. The zero-order valence-electron chi connectivity index (χ0n) is 9.02. The summed E-state index contributed by atoms with van der Waals surface area (Å²) < 4.78 is 21.6. The molecule has 1 amide bonds. The van der Waals surface area contributed by atoms with Gasteiger partial charge in [0, 0.05) is 12.8 Å². The zero-order valence-corrected chi connectivity index (χ0v) is 9.84. The Balaban J connectivity index is 2.49. The van der Waals surface area contributed by atoms with Gasteiger partial charge >= 0.3 is 5.97 Å². The topological polar surface area (TPSA) is 101 Å². The molecule has 2 N–H and O–H groups in total. The van der Waals surface area contributed by atoms with Crippen molar-refractivity contribution < 1.29 is 23.1 Å². The second-order valence-electron chi connectivity index (χ2n) is 4.13. The molecule has 1 saturated carbocycles. The molecule has 0 atom stereocenters. The SMILES string of the molecule is CS(=O)(=O)CCNC(=O)C1(C(=O)O)CCC1. The fourth-order valence-electron chi connectivity index (χ4n) is 1.59. The quantitative estimate of drug-likeness (QED) is 0.634. The van der Waals surface area contributed by atoms with E-state index in [1.165, 1.54) is 0 Å². The van der Waals surface area contributed by atoms with Crippen molar-refractivity contribution >= 4 is 21.7 Å². The summed E-state index contributed by atoms with van der Waals surface area (Å²) in [5.41, 5.74) is -1.32. The number of hydrogen-bond donors (Lipinski definition) is 2. The first kappa shape index (κ1) is 13.0. The van der Waals surface area contributed by atoms with Crippen LogP contribution >= 0.6 is 0 Å². The molecule has 0 aromatic heterocycles. The molecular weight excluding hydrogens is 234 g/mol. The number of carbonyl (C=O) groups excluding carboxylic acids is 1. The molecular formula is C9H15NO5S. The van der Waals surface area contributed by atoms with Gasteiger partial charge in [0.2, 0.25) is 5.91 Å². The predicted octanol–water partition coefficient (Wildman–Crippen LogP) is -0.598. The summed E-state index contributed by atoms with van der Waals surface area (Å²) >= 11 is 0.